The molecule has 0 spiro atoms. The van der Waals surface area contributed by atoms with Crippen LogP contribution in [0.15, 0.2) is 53.7 Å². The highest BCUT2D eigenvalue weighted by Gasteiger charge is 2.22. The lowest BCUT2D eigenvalue weighted by molar-refractivity contribution is -0.139. The molecule has 5 heteroatoms. The minimum Gasteiger partial charge on any atom is -0.482 e. The van der Waals surface area contributed by atoms with E-state index in [1.54, 1.807) is 0 Å². The summed E-state index contributed by atoms with van der Waals surface area (Å²) in [5, 5.41) is 13.4. The molecule has 2 aromatic carbocycles. The van der Waals surface area contributed by atoms with Crippen LogP contribution in [0.25, 0.3) is 0 Å². The average molecular weight is 438 g/mol. The Bertz CT molecular complexity index is 894. The van der Waals surface area contributed by atoms with E-state index in [1.807, 2.05) is 18.2 Å². The summed E-state index contributed by atoms with van der Waals surface area (Å²) in [7, 11) is 0. The highest BCUT2D eigenvalue weighted by molar-refractivity contribution is 5.81. The molecule has 1 aliphatic carbocycles. The number of rotatable bonds is 12. The van der Waals surface area contributed by atoms with E-state index < -0.39 is 5.97 Å². The fourth-order valence-corrected chi connectivity index (χ4v) is 4.43. The van der Waals surface area contributed by atoms with Gasteiger partial charge in [-0.2, -0.15) is 0 Å². The van der Waals surface area contributed by atoms with Gasteiger partial charge in [0.1, 0.15) is 5.75 Å². The highest BCUT2D eigenvalue weighted by atomic mass is 16.6. The van der Waals surface area contributed by atoms with Crippen LogP contribution < -0.4 is 4.74 Å². The van der Waals surface area contributed by atoms with Crippen molar-refractivity contribution >= 4 is 11.7 Å². The number of unbranched alkanes of at least 4 members (excludes halogenated alkanes) is 2. The van der Waals surface area contributed by atoms with Gasteiger partial charge in [0.15, 0.2) is 12.7 Å². The van der Waals surface area contributed by atoms with E-state index in [2.05, 4.69) is 49.3 Å². The second kappa shape index (κ2) is 12.3. The van der Waals surface area contributed by atoms with E-state index in [9.17, 15) is 4.79 Å². The van der Waals surface area contributed by atoms with Gasteiger partial charge < -0.3 is 14.7 Å². The van der Waals surface area contributed by atoms with Gasteiger partial charge >= 0.3 is 5.97 Å². The molecule has 0 radical (unpaired) electrons. The van der Waals surface area contributed by atoms with Crippen molar-refractivity contribution in [1.82, 2.24) is 0 Å². The molecule has 0 aromatic heterocycles. The number of oxime groups is 1. The van der Waals surface area contributed by atoms with Gasteiger partial charge in [0.05, 0.1) is 5.71 Å². The van der Waals surface area contributed by atoms with E-state index in [0.29, 0.717) is 11.7 Å². The van der Waals surface area contributed by atoms with Crippen LogP contribution in [-0.4, -0.2) is 23.4 Å². The number of carboxylic acids is 1. The molecule has 2 aromatic rings. The van der Waals surface area contributed by atoms with Crippen LogP contribution in [0, 0.1) is 5.92 Å². The first-order valence-corrected chi connectivity index (χ1v) is 11.8. The quantitative estimate of drug-likeness (QED) is 0.238. The van der Waals surface area contributed by atoms with Crippen LogP contribution in [0.2, 0.25) is 0 Å². The van der Waals surface area contributed by atoms with E-state index in [4.69, 9.17) is 14.7 Å². The standard InChI is InChI=1S/C27H35NO4/c1-3-4-6-13-25(22-10-7-5-8-11-22)32-28-20(2)17-21-15-16-24-23(18-21)12-9-14-26(24)31-19-27(29)30/h5,7-12,14,21,25H,3-4,6,13,15-19H2,1-2H3,(H,29,30)/b28-20-. The number of hydrogen-bond donors (Lipinski definition) is 1. The number of ether oxygens (including phenoxy) is 1. The Labute approximate surface area is 191 Å². The van der Waals surface area contributed by atoms with Crippen LogP contribution in [-0.2, 0) is 22.5 Å². The molecule has 0 fully saturated rings. The number of carboxylic acid groups (broad SMARTS) is 1. The number of benzene rings is 2. The van der Waals surface area contributed by atoms with Crippen LogP contribution in [0.3, 0.4) is 0 Å². The van der Waals surface area contributed by atoms with Crippen molar-refractivity contribution in [1.29, 1.82) is 0 Å². The van der Waals surface area contributed by atoms with Crippen LogP contribution in [0.5, 0.6) is 5.75 Å². The summed E-state index contributed by atoms with van der Waals surface area (Å²) < 4.78 is 5.49. The fraction of sp³-hybridized carbons (Fsp3) is 0.481. The Hall–Kier alpha value is -2.82. The monoisotopic (exact) mass is 437 g/mol. The molecule has 0 saturated carbocycles. The van der Waals surface area contributed by atoms with Gasteiger partial charge in [0, 0.05) is 0 Å². The maximum Gasteiger partial charge on any atom is 0.341 e. The minimum absolute atomic E-state index is 0.00118. The van der Waals surface area contributed by atoms with Gasteiger partial charge in [-0.1, -0.05) is 67.4 Å². The molecule has 2 atom stereocenters. The highest BCUT2D eigenvalue weighted by Crippen LogP contribution is 2.34. The van der Waals surface area contributed by atoms with Crippen molar-refractivity contribution in [3.05, 3.63) is 65.2 Å². The summed E-state index contributed by atoms with van der Waals surface area (Å²) in [6.45, 7) is 3.96. The molecule has 1 aliphatic rings. The summed E-state index contributed by atoms with van der Waals surface area (Å²) in [5.74, 6) is 0.251. The largest absolute Gasteiger partial charge is 0.482 e. The fourth-order valence-electron chi connectivity index (χ4n) is 4.43. The van der Waals surface area contributed by atoms with Crippen LogP contribution >= 0.6 is 0 Å². The van der Waals surface area contributed by atoms with Crippen molar-refractivity contribution in [2.24, 2.45) is 11.1 Å². The number of aliphatic carboxylic acids is 1. The predicted octanol–water partition coefficient (Wildman–Crippen LogP) is 6.36. The minimum atomic E-state index is -0.952. The Morgan fingerprint density at radius 2 is 1.97 bits per heavy atom. The zero-order valence-corrected chi connectivity index (χ0v) is 19.3. The summed E-state index contributed by atoms with van der Waals surface area (Å²) in [5.41, 5.74) is 4.60. The summed E-state index contributed by atoms with van der Waals surface area (Å²) in [6, 6.07) is 16.3. The first-order valence-electron chi connectivity index (χ1n) is 11.8. The first-order chi connectivity index (χ1) is 15.6. The van der Waals surface area contributed by atoms with E-state index in [1.165, 1.54) is 24.0 Å². The third-order valence-electron chi connectivity index (χ3n) is 6.05. The third kappa shape index (κ3) is 7.11. The Kier molecular flexibility index (Phi) is 9.14. The van der Waals surface area contributed by atoms with Crippen molar-refractivity contribution in [3.63, 3.8) is 0 Å². The first kappa shape index (κ1) is 23.8. The number of nitrogens with zero attached hydrogens (tertiary/aromatic N) is 1. The lowest BCUT2D eigenvalue weighted by Gasteiger charge is -2.26. The van der Waals surface area contributed by atoms with E-state index in [-0.39, 0.29) is 12.7 Å². The molecule has 5 nitrogen and oxygen atoms in total. The van der Waals surface area contributed by atoms with Crippen molar-refractivity contribution in [2.45, 2.75) is 71.3 Å². The number of carbonyl (C=O) groups is 1. The molecule has 0 heterocycles. The summed E-state index contributed by atoms with van der Waals surface area (Å²) in [6.07, 6.45) is 8.28. The van der Waals surface area contributed by atoms with Crippen molar-refractivity contribution < 1.29 is 19.5 Å². The van der Waals surface area contributed by atoms with Crippen LogP contribution in [0.4, 0.5) is 0 Å². The van der Waals surface area contributed by atoms with Gasteiger partial charge in [-0.25, -0.2) is 4.79 Å². The van der Waals surface area contributed by atoms with Gasteiger partial charge in [-0.15, -0.1) is 0 Å². The zero-order chi connectivity index (χ0) is 22.8. The molecular formula is C27H35NO4. The van der Waals surface area contributed by atoms with E-state index in [0.717, 1.165) is 49.8 Å². The maximum atomic E-state index is 10.8. The van der Waals surface area contributed by atoms with Gasteiger partial charge in [-0.3, -0.25) is 0 Å². The second-order valence-corrected chi connectivity index (χ2v) is 8.72. The molecule has 0 amide bonds. The van der Waals surface area contributed by atoms with Crippen LogP contribution in [0.1, 0.15) is 75.2 Å². The molecule has 0 saturated heterocycles. The Morgan fingerprint density at radius 3 is 2.72 bits per heavy atom. The average Bonchev–Trinajstić information content (AvgIpc) is 2.80. The third-order valence-corrected chi connectivity index (χ3v) is 6.05. The molecule has 0 bridgehead atoms. The van der Waals surface area contributed by atoms with Crippen molar-refractivity contribution in [2.75, 3.05) is 6.61 Å². The second-order valence-electron chi connectivity index (χ2n) is 8.72. The molecule has 172 valence electrons. The molecular weight excluding hydrogens is 402 g/mol. The van der Waals surface area contributed by atoms with Crippen molar-refractivity contribution in [3.8, 4) is 5.75 Å². The van der Waals surface area contributed by atoms with Gasteiger partial charge in [0.25, 0.3) is 0 Å². The summed E-state index contributed by atoms with van der Waals surface area (Å²) in [4.78, 5) is 16.9. The number of hydrogen-bond acceptors (Lipinski definition) is 4. The number of fused-ring (bicyclic) bond motifs is 1. The van der Waals surface area contributed by atoms with Gasteiger partial charge in [0.2, 0.25) is 0 Å². The van der Waals surface area contributed by atoms with E-state index >= 15 is 0 Å². The lowest BCUT2D eigenvalue weighted by atomic mass is 9.81. The predicted molar refractivity (Wildman–Crippen MR) is 127 cm³/mol. The Balaban J connectivity index is 1.59. The van der Waals surface area contributed by atoms with Gasteiger partial charge in [-0.05, 0) is 74.1 Å². The smallest absolute Gasteiger partial charge is 0.341 e. The molecule has 0 aliphatic heterocycles. The Morgan fingerprint density at radius 1 is 1.16 bits per heavy atom. The maximum absolute atomic E-state index is 10.8. The molecule has 3 rings (SSSR count). The SMILES string of the molecule is CCCCCC(O/N=C(/C)CC1CCc2c(cccc2OCC(=O)O)C1)c1ccccc1. The normalized spacial score (nSPS) is 16.8. The lowest BCUT2D eigenvalue weighted by Crippen LogP contribution is -2.19. The molecule has 1 N–H and O–H groups in total. The zero-order valence-electron chi connectivity index (χ0n) is 19.3. The topological polar surface area (TPSA) is 68.1 Å². The molecule has 2 unspecified atom stereocenters. The summed E-state index contributed by atoms with van der Waals surface area (Å²) >= 11 is 0. The molecule has 32 heavy (non-hydrogen) atoms.